The summed E-state index contributed by atoms with van der Waals surface area (Å²) < 4.78 is 0. The molecule has 0 N–H and O–H groups in total. The van der Waals surface area contributed by atoms with Gasteiger partial charge in [-0.3, -0.25) is 0 Å². The van der Waals surface area contributed by atoms with Gasteiger partial charge in [0.2, 0.25) is 0 Å². The maximum Gasteiger partial charge on any atom is -0.0155 e. The van der Waals surface area contributed by atoms with Crippen molar-refractivity contribution in [2.45, 2.75) is 138 Å². The second-order valence-corrected chi connectivity index (χ2v) is 32.4. The van der Waals surface area contributed by atoms with Crippen LogP contribution in [0.4, 0.5) is 0 Å². The normalized spacial score (nSPS) is 9.97. The molecule has 0 nitrogen and oxygen atoms in total. The molecule has 0 atom stereocenters. The lowest BCUT2D eigenvalue weighted by Crippen LogP contribution is -1.82. The van der Waals surface area contributed by atoms with Gasteiger partial charge in [-0.05, 0) is 244 Å². The highest BCUT2D eigenvalue weighted by Crippen LogP contribution is 2.29. The van der Waals surface area contributed by atoms with Crippen molar-refractivity contribution in [2.75, 3.05) is 0 Å². The van der Waals surface area contributed by atoms with Gasteiger partial charge >= 0.3 is 0 Å². The van der Waals surface area contributed by atoms with E-state index >= 15 is 0 Å². The van der Waals surface area contributed by atoms with Crippen LogP contribution in [0.15, 0.2) is 413 Å². The molecule has 0 radical (unpaired) electrons. The monoisotopic (exact) mass is 1590 g/mol. The van der Waals surface area contributed by atoms with Crippen molar-refractivity contribution in [3.63, 3.8) is 0 Å². The molecule has 0 spiro atoms. The fraction of sp³-hybridized carbons (Fsp3) is 0.164. The molecule has 0 unspecified atom stereocenters. The summed E-state index contributed by atoms with van der Waals surface area (Å²) in [4.78, 5) is 0. The molecule has 0 aromatic heterocycles. The van der Waals surface area contributed by atoms with Crippen LogP contribution >= 0.6 is 0 Å². The number of aryl methyl sites for hydroxylation is 20. The van der Waals surface area contributed by atoms with Crippen molar-refractivity contribution in [3.05, 3.63) is 524 Å². The summed E-state index contributed by atoms with van der Waals surface area (Å²) in [5.41, 5.74) is 44.7. The van der Waals surface area contributed by atoms with E-state index in [-0.39, 0.29) is 0 Å². The Hall–Kier alpha value is -13.3. The Balaban J connectivity index is 0.000000170. The maximum absolute atomic E-state index is 2.22. The molecule has 616 valence electrons. The second-order valence-electron chi connectivity index (χ2n) is 32.4. The molecule has 0 saturated carbocycles. The van der Waals surface area contributed by atoms with Crippen LogP contribution in [0.25, 0.3) is 77.9 Å². The Bertz CT molecular complexity index is 5590. The van der Waals surface area contributed by atoms with Gasteiger partial charge in [0.25, 0.3) is 0 Å². The van der Waals surface area contributed by atoms with Crippen LogP contribution in [-0.2, 0) is 0 Å². The molecular weight excluding hydrogens is 1470 g/mol. The van der Waals surface area contributed by atoms with Gasteiger partial charge in [-0.15, -0.1) is 0 Å². The summed E-state index contributed by atoms with van der Waals surface area (Å²) in [6.45, 7) is 42.4. The van der Waals surface area contributed by atoms with E-state index in [4.69, 9.17) is 0 Å². The van der Waals surface area contributed by atoms with Crippen LogP contribution in [-0.4, -0.2) is 0 Å². The molecule has 17 aromatic carbocycles. The Kier molecular flexibility index (Phi) is 38.6. The van der Waals surface area contributed by atoms with Gasteiger partial charge in [0.1, 0.15) is 0 Å². The summed E-state index contributed by atoms with van der Waals surface area (Å²) in [6, 6.07) is 146. The van der Waals surface area contributed by atoms with Crippen molar-refractivity contribution in [1.82, 2.24) is 0 Å². The van der Waals surface area contributed by atoms with Gasteiger partial charge in [-0.25, -0.2) is 0 Å². The molecule has 0 aliphatic rings. The van der Waals surface area contributed by atoms with E-state index < -0.39 is 0 Å². The Morgan fingerprint density at radius 2 is 0.246 bits per heavy atom. The lowest BCUT2D eigenvalue weighted by atomic mass is 9.99. The van der Waals surface area contributed by atoms with Crippen molar-refractivity contribution >= 4 is 0 Å². The molecule has 0 heteroatoms. The molecule has 0 aliphatic heterocycles. The number of hydrogen-bond acceptors (Lipinski definition) is 0. The Morgan fingerprint density at radius 3 is 0.451 bits per heavy atom. The SMILES string of the molecule is Cc1ccc(-c2ccc(C)cc2)cc1.Cc1ccc(-c2cccc(C)c2)cc1.Cc1ccc(-c2cccc(C)c2)cc1.Cc1ccc(-c2ccccc2C)cc1.Cc1ccc(-c2ccccc2C)cc1.Cc1ccc(C)cc1.Cc1cccc(-c2cccc(C)c2)c1.Cc1cccc(-c2ccccc2C)c1.Cc1cccc(C)c1.Cc1ccccc1C. The fourth-order valence-electron chi connectivity index (χ4n) is 13.4. The zero-order chi connectivity index (χ0) is 87.7. The van der Waals surface area contributed by atoms with Crippen molar-refractivity contribution in [1.29, 1.82) is 0 Å². The zero-order valence-electron chi connectivity index (χ0n) is 76.3. The zero-order valence-corrected chi connectivity index (χ0v) is 76.3. The van der Waals surface area contributed by atoms with Crippen LogP contribution in [0.5, 0.6) is 0 Å². The highest BCUT2D eigenvalue weighted by atomic mass is 14.1. The van der Waals surface area contributed by atoms with E-state index in [1.807, 2.05) is 0 Å². The highest BCUT2D eigenvalue weighted by Gasteiger charge is 2.05. The van der Waals surface area contributed by atoms with Crippen LogP contribution in [0.1, 0.15) is 111 Å². The van der Waals surface area contributed by atoms with Gasteiger partial charge in [0, 0.05) is 0 Å². The molecule has 0 saturated heterocycles. The van der Waals surface area contributed by atoms with Crippen LogP contribution in [0.3, 0.4) is 0 Å². The number of hydrogen-bond donors (Lipinski definition) is 0. The van der Waals surface area contributed by atoms with E-state index in [0.717, 1.165) is 0 Å². The molecule has 17 rings (SSSR count). The standard InChI is InChI=1S/7C14H14.3C8H10/c1-11-3-7-13(8-4-11)14-9-5-12(2)6-10-14;1-11-5-3-7-13(9-11)14-8-4-6-12(2)10-14;1-11-6-5-8-13(10-11)14-9-4-3-7-12(14)2;2*1-11-6-8-13(9-7-11)14-5-3-4-12(2)10-14;2*1-11-7-9-13(10-8-11)14-6-4-3-5-12(14)2;1-7-3-5-8(2)6-4-7;1-7-4-3-5-8(2)6-7;1-7-5-3-4-6-8(7)2/h7*3-10H,1-2H3;3*3-6H,1-2H3. The maximum atomic E-state index is 2.22. The molecule has 0 amide bonds. The third-order valence-electron chi connectivity index (χ3n) is 20.9. The van der Waals surface area contributed by atoms with Gasteiger partial charge in [0.05, 0.1) is 0 Å². The average Bonchev–Trinajstić information content (AvgIpc) is 0.860. The lowest BCUT2D eigenvalue weighted by molar-refractivity contribution is 1.34. The molecule has 122 heavy (non-hydrogen) atoms. The van der Waals surface area contributed by atoms with Gasteiger partial charge < -0.3 is 0 Å². The van der Waals surface area contributed by atoms with Gasteiger partial charge in [0.15, 0.2) is 0 Å². The van der Waals surface area contributed by atoms with Crippen molar-refractivity contribution < 1.29 is 0 Å². The first-order valence-electron chi connectivity index (χ1n) is 42.7. The van der Waals surface area contributed by atoms with Crippen molar-refractivity contribution in [3.8, 4) is 77.9 Å². The van der Waals surface area contributed by atoms with Gasteiger partial charge in [-0.2, -0.15) is 0 Å². The first-order valence-corrected chi connectivity index (χ1v) is 42.7. The van der Waals surface area contributed by atoms with E-state index in [0.29, 0.717) is 0 Å². The molecule has 0 heterocycles. The minimum absolute atomic E-state index is 1.29. The third-order valence-corrected chi connectivity index (χ3v) is 20.9. The van der Waals surface area contributed by atoms with Crippen LogP contribution in [0.2, 0.25) is 0 Å². The summed E-state index contributed by atoms with van der Waals surface area (Å²) >= 11 is 0. The quantitative estimate of drug-likeness (QED) is 0.149. The van der Waals surface area contributed by atoms with Gasteiger partial charge in [-0.1, -0.05) is 496 Å². The third kappa shape index (κ3) is 33.5. The summed E-state index contributed by atoms with van der Waals surface area (Å²) in [5, 5.41) is 0. The molecule has 0 bridgehead atoms. The Labute approximate surface area is 735 Å². The first kappa shape index (κ1) is 94.2. The van der Waals surface area contributed by atoms with E-state index in [9.17, 15) is 0 Å². The summed E-state index contributed by atoms with van der Waals surface area (Å²) in [5.74, 6) is 0. The van der Waals surface area contributed by atoms with E-state index in [1.165, 1.54) is 189 Å². The van der Waals surface area contributed by atoms with E-state index in [1.54, 1.807) is 0 Å². The summed E-state index contributed by atoms with van der Waals surface area (Å²) in [6.07, 6.45) is 0. The highest BCUT2D eigenvalue weighted by molar-refractivity contribution is 5.71. The predicted octanol–water partition coefficient (Wildman–Crippen LogP) is 34.7. The predicted molar refractivity (Wildman–Crippen MR) is 537 cm³/mol. The summed E-state index contributed by atoms with van der Waals surface area (Å²) in [7, 11) is 0. The minimum atomic E-state index is 1.29. The molecule has 0 aliphatic carbocycles. The number of rotatable bonds is 7. The number of benzene rings is 17. The smallest absolute Gasteiger partial charge is 0.0155 e. The molecule has 17 aromatic rings. The molecule has 0 fully saturated rings. The largest absolute Gasteiger partial charge is 0.0620 e. The van der Waals surface area contributed by atoms with Crippen LogP contribution < -0.4 is 0 Å². The lowest BCUT2D eigenvalue weighted by Gasteiger charge is -2.05. The minimum Gasteiger partial charge on any atom is -0.0620 e. The molecular formula is C122H128. The average molecular weight is 1590 g/mol. The topological polar surface area (TPSA) is 0 Å². The second kappa shape index (κ2) is 50.0. The van der Waals surface area contributed by atoms with Crippen molar-refractivity contribution in [2.24, 2.45) is 0 Å². The first-order chi connectivity index (χ1) is 58.7. The Morgan fingerprint density at radius 1 is 0.0902 bits per heavy atom. The van der Waals surface area contributed by atoms with E-state index in [2.05, 4.69) is 551 Å². The fourth-order valence-corrected chi connectivity index (χ4v) is 13.4. The van der Waals surface area contributed by atoms with Crippen LogP contribution in [0, 0.1) is 138 Å².